The van der Waals surface area contributed by atoms with E-state index in [4.69, 9.17) is 0 Å². The van der Waals surface area contributed by atoms with Crippen molar-refractivity contribution in [1.82, 2.24) is 20.2 Å². The fourth-order valence-electron chi connectivity index (χ4n) is 3.88. The first kappa shape index (κ1) is 16.8. The summed E-state index contributed by atoms with van der Waals surface area (Å²) in [7, 11) is 0. The Morgan fingerprint density at radius 3 is 2.31 bits per heavy atom. The molecule has 2 fully saturated rings. The van der Waals surface area contributed by atoms with Crippen LogP contribution in [0.3, 0.4) is 0 Å². The SMILES string of the molecule is O=C(NCC1(c2ccccc2)CCC1)N1CCN(c2ncccn2)CC1. The molecular formula is C20H25N5O. The Kier molecular flexibility index (Phi) is 4.73. The third kappa shape index (κ3) is 3.36. The minimum Gasteiger partial charge on any atom is -0.337 e. The Bertz CT molecular complexity index is 724. The summed E-state index contributed by atoms with van der Waals surface area (Å²) in [6.45, 7) is 3.64. The zero-order valence-corrected chi connectivity index (χ0v) is 15.0. The second-order valence-electron chi connectivity index (χ2n) is 7.18. The monoisotopic (exact) mass is 351 g/mol. The lowest BCUT2D eigenvalue weighted by Crippen LogP contribution is -2.54. The van der Waals surface area contributed by atoms with Crippen molar-refractivity contribution in [2.45, 2.75) is 24.7 Å². The second kappa shape index (κ2) is 7.32. The third-order valence-corrected chi connectivity index (χ3v) is 5.68. The normalized spacial score (nSPS) is 18.9. The molecule has 6 heteroatoms. The van der Waals surface area contributed by atoms with E-state index >= 15 is 0 Å². The van der Waals surface area contributed by atoms with Gasteiger partial charge in [-0.2, -0.15) is 0 Å². The van der Waals surface area contributed by atoms with Crippen LogP contribution in [-0.4, -0.2) is 53.6 Å². The van der Waals surface area contributed by atoms with Crippen molar-refractivity contribution < 1.29 is 4.79 Å². The molecule has 136 valence electrons. The molecule has 2 aliphatic rings. The highest BCUT2D eigenvalue weighted by Crippen LogP contribution is 2.43. The minimum atomic E-state index is 0.0424. The van der Waals surface area contributed by atoms with Crippen molar-refractivity contribution in [3.05, 3.63) is 54.4 Å². The van der Waals surface area contributed by atoms with Crippen molar-refractivity contribution >= 4 is 12.0 Å². The van der Waals surface area contributed by atoms with Crippen LogP contribution in [0.4, 0.5) is 10.7 Å². The standard InChI is InChI=1S/C20H25N5O/c26-19(23-16-20(8-4-9-20)17-6-2-1-3-7-17)25-14-12-24(13-15-25)18-21-10-5-11-22-18/h1-3,5-7,10-11H,4,8-9,12-16H2,(H,23,26). The van der Waals surface area contributed by atoms with Gasteiger partial charge in [-0.15, -0.1) is 0 Å². The summed E-state index contributed by atoms with van der Waals surface area (Å²) in [5.41, 5.74) is 1.47. The van der Waals surface area contributed by atoms with Gasteiger partial charge in [0.1, 0.15) is 0 Å². The number of nitrogens with zero attached hydrogens (tertiary/aromatic N) is 4. The van der Waals surface area contributed by atoms with Gasteiger partial charge >= 0.3 is 6.03 Å². The number of carbonyl (C=O) groups excluding carboxylic acids is 1. The average molecular weight is 351 g/mol. The van der Waals surface area contributed by atoms with Crippen LogP contribution in [0.15, 0.2) is 48.8 Å². The molecule has 1 aliphatic carbocycles. The predicted molar refractivity (Wildman–Crippen MR) is 101 cm³/mol. The summed E-state index contributed by atoms with van der Waals surface area (Å²) in [6.07, 6.45) is 7.04. The van der Waals surface area contributed by atoms with Crippen molar-refractivity contribution in [2.24, 2.45) is 0 Å². The number of rotatable bonds is 4. The number of hydrogen-bond acceptors (Lipinski definition) is 4. The number of urea groups is 1. The van der Waals surface area contributed by atoms with Crippen LogP contribution >= 0.6 is 0 Å². The molecule has 26 heavy (non-hydrogen) atoms. The van der Waals surface area contributed by atoms with E-state index in [1.54, 1.807) is 12.4 Å². The van der Waals surface area contributed by atoms with E-state index in [0.29, 0.717) is 13.1 Å². The van der Waals surface area contributed by atoms with Gasteiger partial charge in [0, 0.05) is 50.5 Å². The maximum absolute atomic E-state index is 12.6. The summed E-state index contributed by atoms with van der Waals surface area (Å²) < 4.78 is 0. The van der Waals surface area contributed by atoms with Gasteiger partial charge in [0.2, 0.25) is 5.95 Å². The third-order valence-electron chi connectivity index (χ3n) is 5.68. The molecule has 1 aliphatic heterocycles. The van der Waals surface area contributed by atoms with Crippen molar-refractivity contribution in [1.29, 1.82) is 0 Å². The summed E-state index contributed by atoms with van der Waals surface area (Å²) >= 11 is 0. The van der Waals surface area contributed by atoms with Crippen LogP contribution in [-0.2, 0) is 5.41 Å². The topological polar surface area (TPSA) is 61.4 Å². The molecule has 1 N–H and O–H groups in total. The average Bonchev–Trinajstić information content (AvgIpc) is 2.69. The Morgan fingerprint density at radius 2 is 1.69 bits per heavy atom. The van der Waals surface area contributed by atoms with Gasteiger partial charge < -0.3 is 15.1 Å². The fraction of sp³-hybridized carbons (Fsp3) is 0.450. The molecule has 1 aromatic carbocycles. The predicted octanol–water partition coefficient (Wildman–Crippen LogP) is 2.43. The number of benzene rings is 1. The van der Waals surface area contributed by atoms with E-state index in [1.807, 2.05) is 17.0 Å². The van der Waals surface area contributed by atoms with Crippen LogP contribution in [0.1, 0.15) is 24.8 Å². The molecule has 1 aromatic heterocycles. The van der Waals surface area contributed by atoms with Gasteiger partial charge in [-0.3, -0.25) is 0 Å². The lowest BCUT2D eigenvalue weighted by atomic mass is 9.64. The van der Waals surface area contributed by atoms with Crippen LogP contribution in [0.2, 0.25) is 0 Å². The fourth-order valence-corrected chi connectivity index (χ4v) is 3.88. The van der Waals surface area contributed by atoms with Crippen molar-refractivity contribution in [3.8, 4) is 0 Å². The maximum atomic E-state index is 12.6. The zero-order chi connectivity index (χ0) is 17.8. The zero-order valence-electron chi connectivity index (χ0n) is 15.0. The minimum absolute atomic E-state index is 0.0424. The van der Waals surface area contributed by atoms with Gasteiger partial charge in [0.25, 0.3) is 0 Å². The second-order valence-corrected chi connectivity index (χ2v) is 7.18. The Balaban J connectivity index is 1.31. The molecule has 0 atom stereocenters. The van der Waals surface area contributed by atoms with Crippen LogP contribution in [0.25, 0.3) is 0 Å². The first-order chi connectivity index (χ1) is 12.8. The smallest absolute Gasteiger partial charge is 0.317 e. The molecule has 4 rings (SSSR count). The van der Waals surface area contributed by atoms with Gasteiger partial charge in [-0.05, 0) is 24.5 Å². The Hall–Kier alpha value is -2.63. The summed E-state index contributed by atoms with van der Waals surface area (Å²) in [6, 6.07) is 12.4. The largest absolute Gasteiger partial charge is 0.337 e. The Morgan fingerprint density at radius 1 is 1.00 bits per heavy atom. The van der Waals surface area contributed by atoms with Crippen LogP contribution in [0, 0.1) is 0 Å². The highest BCUT2D eigenvalue weighted by Gasteiger charge is 2.39. The molecule has 0 unspecified atom stereocenters. The van der Waals surface area contributed by atoms with E-state index in [-0.39, 0.29) is 11.4 Å². The number of hydrogen-bond donors (Lipinski definition) is 1. The first-order valence-corrected chi connectivity index (χ1v) is 9.37. The molecule has 0 bridgehead atoms. The summed E-state index contributed by atoms with van der Waals surface area (Å²) in [5.74, 6) is 0.741. The molecule has 6 nitrogen and oxygen atoms in total. The number of amides is 2. The quantitative estimate of drug-likeness (QED) is 0.919. The van der Waals surface area contributed by atoms with Gasteiger partial charge in [0.15, 0.2) is 0 Å². The van der Waals surface area contributed by atoms with Crippen molar-refractivity contribution in [2.75, 3.05) is 37.6 Å². The maximum Gasteiger partial charge on any atom is 0.317 e. The lowest BCUT2D eigenvalue weighted by molar-refractivity contribution is 0.180. The van der Waals surface area contributed by atoms with E-state index in [9.17, 15) is 4.79 Å². The molecule has 2 heterocycles. The van der Waals surface area contributed by atoms with Gasteiger partial charge in [-0.1, -0.05) is 36.8 Å². The number of nitrogens with one attached hydrogen (secondary N) is 1. The summed E-state index contributed by atoms with van der Waals surface area (Å²) in [5, 5.41) is 3.19. The van der Waals surface area contributed by atoms with Crippen molar-refractivity contribution in [3.63, 3.8) is 0 Å². The number of aromatic nitrogens is 2. The first-order valence-electron chi connectivity index (χ1n) is 9.37. The summed E-state index contributed by atoms with van der Waals surface area (Å²) in [4.78, 5) is 25.2. The number of carbonyl (C=O) groups is 1. The molecule has 2 aromatic rings. The van der Waals surface area contributed by atoms with Gasteiger partial charge in [-0.25, -0.2) is 14.8 Å². The van der Waals surface area contributed by atoms with E-state index < -0.39 is 0 Å². The molecular weight excluding hydrogens is 326 g/mol. The lowest BCUT2D eigenvalue weighted by Gasteiger charge is -2.43. The number of anilines is 1. The molecule has 0 spiro atoms. The molecule has 0 radical (unpaired) electrons. The van der Waals surface area contributed by atoms with Crippen LogP contribution < -0.4 is 10.2 Å². The van der Waals surface area contributed by atoms with Gasteiger partial charge in [0.05, 0.1) is 0 Å². The van der Waals surface area contributed by atoms with E-state index in [2.05, 4.69) is 44.5 Å². The molecule has 1 saturated heterocycles. The van der Waals surface area contributed by atoms with E-state index in [1.165, 1.54) is 12.0 Å². The van der Waals surface area contributed by atoms with E-state index in [0.717, 1.165) is 38.4 Å². The molecule has 2 amide bonds. The highest BCUT2D eigenvalue weighted by molar-refractivity contribution is 5.74. The number of piperazine rings is 1. The van der Waals surface area contributed by atoms with Crippen LogP contribution in [0.5, 0.6) is 0 Å². The molecule has 1 saturated carbocycles. The Labute approximate surface area is 154 Å². The highest BCUT2D eigenvalue weighted by atomic mass is 16.2.